The minimum absolute atomic E-state index is 0.0990. The van der Waals surface area contributed by atoms with Crippen LogP contribution in [0.4, 0.5) is 13.2 Å². The first-order valence-electron chi connectivity index (χ1n) is 5.87. The Bertz CT molecular complexity index is 616. The topological polar surface area (TPSA) is 47.8 Å². The number of nitrogens with zero attached hydrogens (tertiary/aromatic N) is 3. The second kappa shape index (κ2) is 5.35. The predicted octanol–water partition coefficient (Wildman–Crippen LogP) is 3.49. The number of carbonyl (C=O) groups excluding carboxylic acids is 1. The Morgan fingerprint density at radius 2 is 2.15 bits per heavy atom. The van der Waals surface area contributed by atoms with Crippen LogP contribution < -0.4 is 0 Å². The van der Waals surface area contributed by atoms with Crippen LogP contribution >= 0.6 is 11.3 Å². The van der Waals surface area contributed by atoms with Gasteiger partial charge in [-0.05, 0) is 5.92 Å². The Kier molecular flexibility index (Phi) is 3.94. The van der Waals surface area contributed by atoms with Crippen molar-refractivity contribution in [3.05, 3.63) is 22.8 Å². The summed E-state index contributed by atoms with van der Waals surface area (Å²) in [6, 6.07) is 0. The second-order valence-corrected chi connectivity index (χ2v) is 5.56. The molecule has 2 aromatic rings. The molecule has 0 bridgehead atoms. The van der Waals surface area contributed by atoms with Gasteiger partial charge in [0.2, 0.25) is 0 Å². The summed E-state index contributed by atoms with van der Waals surface area (Å²) >= 11 is 0.825. The highest BCUT2D eigenvalue weighted by Crippen LogP contribution is 2.33. The van der Waals surface area contributed by atoms with E-state index in [2.05, 4.69) is 10.1 Å². The van der Waals surface area contributed by atoms with Gasteiger partial charge in [0.05, 0.1) is 5.56 Å². The van der Waals surface area contributed by atoms with E-state index in [4.69, 9.17) is 0 Å². The maximum Gasteiger partial charge on any atom is 0.434 e. The zero-order valence-corrected chi connectivity index (χ0v) is 11.6. The fourth-order valence-electron chi connectivity index (χ4n) is 1.67. The van der Waals surface area contributed by atoms with Gasteiger partial charge in [0.15, 0.2) is 12.0 Å². The van der Waals surface area contributed by atoms with Crippen LogP contribution in [0.15, 0.2) is 11.6 Å². The summed E-state index contributed by atoms with van der Waals surface area (Å²) in [6.07, 6.45) is -2.39. The van der Waals surface area contributed by atoms with Gasteiger partial charge >= 0.3 is 6.18 Å². The Labute approximate surface area is 117 Å². The van der Waals surface area contributed by atoms with Crippen LogP contribution in [0.25, 0.3) is 10.7 Å². The maximum absolute atomic E-state index is 12.5. The highest BCUT2D eigenvalue weighted by molar-refractivity contribution is 7.13. The Morgan fingerprint density at radius 1 is 1.45 bits per heavy atom. The summed E-state index contributed by atoms with van der Waals surface area (Å²) in [6.45, 7) is 4.54. The van der Waals surface area contributed by atoms with Gasteiger partial charge in [0.1, 0.15) is 10.7 Å². The van der Waals surface area contributed by atoms with Crippen LogP contribution in [0.3, 0.4) is 0 Å². The smallest absolute Gasteiger partial charge is 0.298 e. The molecule has 2 heterocycles. The molecule has 0 fully saturated rings. The molecule has 0 atom stereocenters. The minimum Gasteiger partial charge on any atom is -0.298 e. The van der Waals surface area contributed by atoms with E-state index in [0.29, 0.717) is 18.7 Å². The van der Waals surface area contributed by atoms with Gasteiger partial charge in [-0.1, -0.05) is 13.8 Å². The molecule has 2 aromatic heterocycles. The van der Waals surface area contributed by atoms with Crippen molar-refractivity contribution in [2.75, 3.05) is 0 Å². The van der Waals surface area contributed by atoms with Gasteiger partial charge in [-0.15, -0.1) is 11.3 Å². The maximum atomic E-state index is 12.5. The highest BCUT2D eigenvalue weighted by atomic mass is 32.1. The number of halogens is 3. The third-order valence-electron chi connectivity index (χ3n) is 2.47. The number of aromatic nitrogens is 3. The average Bonchev–Trinajstić information content (AvgIpc) is 2.92. The minimum atomic E-state index is -4.49. The zero-order chi connectivity index (χ0) is 14.9. The van der Waals surface area contributed by atoms with E-state index in [-0.39, 0.29) is 16.3 Å². The van der Waals surface area contributed by atoms with Crippen LogP contribution in [0.2, 0.25) is 0 Å². The molecule has 0 aliphatic carbocycles. The molecule has 0 aliphatic heterocycles. The van der Waals surface area contributed by atoms with Crippen LogP contribution in [-0.4, -0.2) is 21.1 Å². The lowest BCUT2D eigenvalue weighted by molar-refractivity contribution is -0.140. The summed E-state index contributed by atoms with van der Waals surface area (Å²) in [5, 5.41) is 5.17. The van der Waals surface area contributed by atoms with E-state index in [1.165, 1.54) is 6.20 Å². The van der Waals surface area contributed by atoms with Gasteiger partial charge in [-0.25, -0.2) is 4.98 Å². The SMILES string of the molecule is CC(C)Cn1cc(C=O)c(-c2nc(C(F)(F)F)cs2)n1. The number of aldehydes is 1. The summed E-state index contributed by atoms with van der Waals surface area (Å²) in [7, 11) is 0. The Morgan fingerprint density at radius 3 is 2.65 bits per heavy atom. The number of thiazole rings is 1. The molecule has 2 rings (SSSR count). The Hall–Kier alpha value is -1.70. The van der Waals surface area contributed by atoms with Crippen molar-refractivity contribution in [1.29, 1.82) is 0 Å². The molecule has 0 spiro atoms. The molecule has 108 valence electrons. The summed E-state index contributed by atoms with van der Waals surface area (Å²) < 4.78 is 39.1. The van der Waals surface area contributed by atoms with Gasteiger partial charge in [-0.2, -0.15) is 18.3 Å². The molecular formula is C12H12F3N3OS. The number of hydrogen-bond donors (Lipinski definition) is 0. The lowest BCUT2D eigenvalue weighted by atomic mass is 10.2. The van der Waals surface area contributed by atoms with Crippen LogP contribution in [-0.2, 0) is 12.7 Å². The van der Waals surface area contributed by atoms with Gasteiger partial charge < -0.3 is 0 Å². The molecule has 0 N–H and O–H groups in total. The summed E-state index contributed by atoms with van der Waals surface area (Å²) in [5.74, 6) is 0.310. The largest absolute Gasteiger partial charge is 0.434 e. The number of hydrogen-bond acceptors (Lipinski definition) is 4. The molecule has 0 aliphatic rings. The fourth-order valence-corrected chi connectivity index (χ4v) is 2.50. The monoisotopic (exact) mass is 303 g/mol. The first kappa shape index (κ1) is 14.7. The van der Waals surface area contributed by atoms with Crippen LogP contribution in [0, 0.1) is 5.92 Å². The van der Waals surface area contributed by atoms with Crippen LogP contribution in [0.5, 0.6) is 0 Å². The van der Waals surface area contributed by atoms with E-state index < -0.39 is 11.9 Å². The molecule has 20 heavy (non-hydrogen) atoms. The van der Waals surface area contributed by atoms with Crippen molar-refractivity contribution >= 4 is 17.6 Å². The zero-order valence-electron chi connectivity index (χ0n) is 10.8. The fraction of sp³-hybridized carbons (Fsp3) is 0.417. The Balaban J connectivity index is 2.39. The van der Waals surface area contributed by atoms with Crippen LogP contribution in [0.1, 0.15) is 29.9 Å². The number of carbonyl (C=O) groups is 1. The van der Waals surface area contributed by atoms with Crippen molar-refractivity contribution < 1.29 is 18.0 Å². The van der Waals surface area contributed by atoms with Gasteiger partial charge in [0.25, 0.3) is 0 Å². The first-order chi connectivity index (χ1) is 9.31. The molecule has 0 saturated heterocycles. The van der Waals surface area contributed by atoms with Crippen molar-refractivity contribution in [2.24, 2.45) is 5.92 Å². The molecule has 0 aromatic carbocycles. The quantitative estimate of drug-likeness (QED) is 0.812. The van der Waals surface area contributed by atoms with E-state index in [9.17, 15) is 18.0 Å². The van der Waals surface area contributed by atoms with Crippen molar-refractivity contribution in [3.63, 3.8) is 0 Å². The predicted molar refractivity (Wildman–Crippen MR) is 68.6 cm³/mol. The molecule has 0 amide bonds. The van der Waals surface area contributed by atoms with Crippen molar-refractivity contribution in [1.82, 2.24) is 14.8 Å². The lowest BCUT2D eigenvalue weighted by Gasteiger charge is -2.03. The first-order valence-corrected chi connectivity index (χ1v) is 6.75. The third kappa shape index (κ3) is 3.06. The van der Waals surface area contributed by atoms with Gasteiger partial charge in [-0.3, -0.25) is 9.48 Å². The lowest BCUT2D eigenvalue weighted by Crippen LogP contribution is -2.05. The standard InChI is InChI=1S/C12H12F3N3OS/c1-7(2)3-18-4-8(5-19)10(17-18)11-16-9(6-20-11)12(13,14)15/h4-7H,3H2,1-2H3. The third-order valence-corrected chi connectivity index (χ3v) is 3.32. The second-order valence-electron chi connectivity index (χ2n) is 4.70. The molecule has 0 radical (unpaired) electrons. The number of rotatable bonds is 4. The van der Waals surface area contributed by atoms with Gasteiger partial charge in [0, 0.05) is 18.1 Å². The van der Waals surface area contributed by atoms with E-state index in [1.54, 1.807) is 4.68 Å². The number of alkyl halides is 3. The average molecular weight is 303 g/mol. The van der Waals surface area contributed by atoms with E-state index in [1.807, 2.05) is 13.8 Å². The molecule has 4 nitrogen and oxygen atoms in total. The van der Waals surface area contributed by atoms with E-state index >= 15 is 0 Å². The van der Waals surface area contributed by atoms with Crippen molar-refractivity contribution in [3.8, 4) is 10.7 Å². The van der Waals surface area contributed by atoms with Crippen molar-refractivity contribution in [2.45, 2.75) is 26.6 Å². The molecule has 8 heteroatoms. The molecular weight excluding hydrogens is 291 g/mol. The summed E-state index contributed by atoms with van der Waals surface area (Å²) in [5.41, 5.74) is -0.525. The van der Waals surface area contributed by atoms with E-state index in [0.717, 1.165) is 16.7 Å². The highest BCUT2D eigenvalue weighted by Gasteiger charge is 2.34. The molecule has 0 unspecified atom stereocenters. The summed E-state index contributed by atoms with van der Waals surface area (Å²) in [4.78, 5) is 14.5. The molecule has 0 saturated carbocycles. The normalized spacial score (nSPS) is 12.1.